The third-order valence-electron chi connectivity index (χ3n) is 1.69. The number of hydrogen-bond donors (Lipinski definition) is 1. The Hall–Kier alpha value is -1.37. The van der Waals surface area contributed by atoms with Crippen molar-refractivity contribution in [2.75, 3.05) is 18.5 Å². The normalized spacial score (nSPS) is 10.4. The van der Waals surface area contributed by atoms with Crippen LogP contribution in [-0.2, 0) is 0 Å². The van der Waals surface area contributed by atoms with Crippen LogP contribution in [-0.4, -0.2) is 35.0 Å². The maximum Gasteiger partial charge on any atom is 0.255 e. The molecule has 0 unspecified atom stereocenters. The Morgan fingerprint density at radius 1 is 1.53 bits per heavy atom. The third kappa shape index (κ3) is 3.05. The molecular weight excluding hydrogens is 222 g/mol. The van der Waals surface area contributed by atoms with Crippen molar-refractivity contribution in [3.8, 4) is 0 Å². The molecule has 0 aliphatic carbocycles. The van der Waals surface area contributed by atoms with Gasteiger partial charge in [-0.25, -0.2) is 18.7 Å². The lowest BCUT2D eigenvalue weighted by Gasteiger charge is -2.19. The summed E-state index contributed by atoms with van der Waals surface area (Å²) in [5, 5.41) is 0. The van der Waals surface area contributed by atoms with Crippen molar-refractivity contribution in [3.05, 3.63) is 18.1 Å². The maximum atomic E-state index is 12.1. The summed E-state index contributed by atoms with van der Waals surface area (Å²) in [6.07, 6.45) is 0.365. The predicted molar refractivity (Wildman–Crippen MR) is 57.2 cm³/mol. The highest BCUT2D eigenvalue weighted by Crippen LogP contribution is 2.14. The molecule has 1 rings (SSSR count). The Labute approximate surface area is 91.1 Å². The highest BCUT2D eigenvalue weighted by atomic mass is 32.1. The third-order valence-corrected chi connectivity index (χ3v) is 1.88. The quantitative estimate of drug-likeness (QED) is 0.779. The average molecular weight is 232 g/mol. The van der Waals surface area contributed by atoms with E-state index in [4.69, 9.17) is 18.0 Å². The molecule has 0 saturated carbocycles. The topological polar surface area (TPSA) is 55.0 Å². The molecule has 0 bridgehead atoms. The van der Waals surface area contributed by atoms with Crippen molar-refractivity contribution >= 4 is 23.0 Å². The van der Waals surface area contributed by atoms with Crippen LogP contribution in [0.25, 0.3) is 0 Å². The van der Waals surface area contributed by atoms with E-state index in [9.17, 15) is 8.78 Å². The first kappa shape index (κ1) is 11.7. The number of thiocarbonyl (C=S) groups is 1. The Kier molecular flexibility index (Phi) is 3.84. The van der Waals surface area contributed by atoms with Crippen molar-refractivity contribution < 1.29 is 8.78 Å². The fraction of sp³-hybridized carbons (Fsp3) is 0.375. The van der Waals surface area contributed by atoms with E-state index in [-0.39, 0.29) is 16.5 Å². The van der Waals surface area contributed by atoms with Gasteiger partial charge < -0.3 is 10.6 Å². The SMILES string of the molecule is CN(CC(F)F)c1nccnc1C(N)=S. The smallest absolute Gasteiger partial charge is 0.255 e. The first-order chi connectivity index (χ1) is 7.02. The molecule has 1 heterocycles. The molecule has 0 amide bonds. The molecule has 15 heavy (non-hydrogen) atoms. The van der Waals surface area contributed by atoms with Crippen LogP contribution in [0.2, 0.25) is 0 Å². The molecule has 0 spiro atoms. The minimum Gasteiger partial charge on any atom is -0.388 e. The minimum absolute atomic E-state index is 0.0409. The van der Waals surface area contributed by atoms with Crippen LogP contribution in [0.3, 0.4) is 0 Å². The van der Waals surface area contributed by atoms with Gasteiger partial charge in [0.2, 0.25) is 0 Å². The van der Waals surface area contributed by atoms with E-state index in [1.807, 2.05) is 0 Å². The van der Waals surface area contributed by atoms with E-state index in [2.05, 4.69) is 9.97 Å². The van der Waals surface area contributed by atoms with Crippen LogP contribution >= 0.6 is 12.2 Å². The van der Waals surface area contributed by atoms with Crippen LogP contribution in [0.4, 0.5) is 14.6 Å². The summed E-state index contributed by atoms with van der Waals surface area (Å²) in [4.78, 5) is 9.12. The first-order valence-corrected chi connectivity index (χ1v) is 4.53. The molecule has 0 saturated heterocycles. The Balaban J connectivity index is 2.97. The summed E-state index contributed by atoms with van der Waals surface area (Å²) in [7, 11) is 1.48. The fourth-order valence-corrected chi connectivity index (χ4v) is 1.22. The van der Waals surface area contributed by atoms with E-state index in [1.54, 1.807) is 0 Å². The van der Waals surface area contributed by atoms with Crippen LogP contribution in [0, 0.1) is 0 Å². The molecule has 0 fully saturated rings. The molecule has 4 nitrogen and oxygen atoms in total. The summed E-state index contributed by atoms with van der Waals surface area (Å²) in [6, 6.07) is 0. The lowest BCUT2D eigenvalue weighted by atomic mass is 10.3. The van der Waals surface area contributed by atoms with Crippen molar-refractivity contribution in [1.82, 2.24) is 9.97 Å². The van der Waals surface area contributed by atoms with Crippen LogP contribution in [0.1, 0.15) is 5.69 Å². The maximum absolute atomic E-state index is 12.1. The summed E-state index contributed by atoms with van der Waals surface area (Å²) in [5.74, 6) is 0.269. The van der Waals surface area contributed by atoms with Gasteiger partial charge in [-0.15, -0.1) is 0 Å². The second-order valence-corrected chi connectivity index (χ2v) is 3.30. The zero-order chi connectivity index (χ0) is 11.4. The Morgan fingerprint density at radius 3 is 2.67 bits per heavy atom. The zero-order valence-electron chi connectivity index (χ0n) is 8.02. The molecule has 1 aromatic rings. The number of anilines is 1. The van der Waals surface area contributed by atoms with Gasteiger partial charge in [0.15, 0.2) is 5.82 Å². The first-order valence-electron chi connectivity index (χ1n) is 4.12. The number of aromatic nitrogens is 2. The Morgan fingerprint density at radius 2 is 2.13 bits per heavy atom. The molecule has 0 atom stereocenters. The molecule has 0 radical (unpaired) electrons. The monoisotopic (exact) mass is 232 g/mol. The predicted octanol–water partition coefficient (Wildman–Crippen LogP) is 0.812. The lowest BCUT2D eigenvalue weighted by molar-refractivity contribution is 0.156. The lowest BCUT2D eigenvalue weighted by Crippen LogP contribution is -2.28. The van der Waals surface area contributed by atoms with Gasteiger partial charge in [-0.2, -0.15) is 0 Å². The van der Waals surface area contributed by atoms with Gasteiger partial charge in [0.05, 0.1) is 6.54 Å². The molecule has 1 aromatic heterocycles. The van der Waals surface area contributed by atoms with Gasteiger partial charge in [-0.05, 0) is 0 Å². The molecule has 7 heteroatoms. The minimum atomic E-state index is -2.45. The van der Waals surface area contributed by atoms with Crippen LogP contribution in [0.15, 0.2) is 12.4 Å². The molecule has 0 aliphatic rings. The van der Waals surface area contributed by atoms with Crippen molar-refractivity contribution in [1.29, 1.82) is 0 Å². The standard InChI is InChI=1S/C8H10F2N4S/c1-14(4-5(9)10)8-6(7(11)15)12-2-3-13-8/h2-3,5H,4H2,1H3,(H2,11,15). The second-order valence-electron chi connectivity index (χ2n) is 2.86. The summed E-state index contributed by atoms with van der Waals surface area (Å²) in [5.41, 5.74) is 5.66. The summed E-state index contributed by atoms with van der Waals surface area (Å²) >= 11 is 4.74. The molecule has 82 valence electrons. The van der Waals surface area contributed by atoms with E-state index in [0.717, 1.165) is 0 Å². The summed E-state index contributed by atoms with van der Waals surface area (Å²) < 4.78 is 24.3. The average Bonchev–Trinajstić information content (AvgIpc) is 2.16. The van der Waals surface area contributed by atoms with Gasteiger partial charge in [-0.3, -0.25) is 0 Å². The van der Waals surface area contributed by atoms with Gasteiger partial charge in [0.25, 0.3) is 6.43 Å². The van der Waals surface area contributed by atoms with Gasteiger partial charge in [-0.1, -0.05) is 12.2 Å². The van der Waals surface area contributed by atoms with Crippen molar-refractivity contribution in [3.63, 3.8) is 0 Å². The molecule has 2 N–H and O–H groups in total. The van der Waals surface area contributed by atoms with Crippen LogP contribution in [0.5, 0.6) is 0 Å². The van der Waals surface area contributed by atoms with Crippen molar-refractivity contribution in [2.45, 2.75) is 6.43 Å². The van der Waals surface area contributed by atoms with Gasteiger partial charge in [0, 0.05) is 19.4 Å². The van der Waals surface area contributed by atoms with Crippen molar-refractivity contribution in [2.24, 2.45) is 5.73 Å². The molecule has 0 aliphatic heterocycles. The number of nitrogens with two attached hydrogens (primary N) is 1. The number of alkyl halides is 2. The highest BCUT2D eigenvalue weighted by molar-refractivity contribution is 7.80. The largest absolute Gasteiger partial charge is 0.388 e. The van der Waals surface area contributed by atoms with E-state index in [0.29, 0.717) is 0 Å². The second kappa shape index (κ2) is 4.92. The van der Waals surface area contributed by atoms with E-state index in [1.165, 1.54) is 24.3 Å². The highest BCUT2D eigenvalue weighted by Gasteiger charge is 2.15. The molecule has 0 aromatic carbocycles. The van der Waals surface area contributed by atoms with Gasteiger partial charge in [0.1, 0.15) is 10.7 Å². The Bertz CT molecular complexity index is 358. The fourth-order valence-electron chi connectivity index (χ4n) is 1.08. The van der Waals surface area contributed by atoms with E-state index < -0.39 is 13.0 Å². The van der Waals surface area contributed by atoms with Crippen LogP contribution < -0.4 is 10.6 Å². The van der Waals surface area contributed by atoms with Gasteiger partial charge >= 0.3 is 0 Å². The van der Waals surface area contributed by atoms with E-state index >= 15 is 0 Å². The number of rotatable bonds is 4. The summed E-state index contributed by atoms with van der Waals surface area (Å²) in [6.45, 7) is -0.436. The molecular formula is C8H10F2N4S. The number of halogens is 2. The number of nitrogens with zero attached hydrogens (tertiary/aromatic N) is 3. The number of hydrogen-bond acceptors (Lipinski definition) is 4. The zero-order valence-corrected chi connectivity index (χ0v) is 8.84.